The summed E-state index contributed by atoms with van der Waals surface area (Å²) in [5.74, 6) is 1.31. The molecule has 6 heteroatoms. The third kappa shape index (κ3) is 5.53. The van der Waals surface area contributed by atoms with Crippen LogP contribution in [0, 0.1) is 5.41 Å². The van der Waals surface area contributed by atoms with Crippen molar-refractivity contribution in [2.45, 2.75) is 53.3 Å². The highest BCUT2D eigenvalue weighted by Crippen LogP contribution is 2.30. The largest absolute Gasteiger partial charge is 0.497 e. The van der Waals surface area contributed by atoms with Gasteiger partial charge in [-0.2, -0.15) is 0 Å². The standard InChI is InChI=1S/C24H30N2O4/c1-16-23(28)26(14-17-7-6-8-20(11-17)29-5)15-18-12-19(9-10-21(18)30-16)25-22(27)13-24(2,3)4/h6-12,16H,13-15H2,1-5H3,(H,25,27)/t16-/m0/s1. The van der Waals surface area contributed by atoms with Gasteiger partial charge in [-0.05, 0) is 48.2 Å². The molecular weight excluding hydrogens is 380 g/mol. The summed E-state index contributed by atoms with van der Waals surface area (Å²) in [6.07, 6.45) is -0.156. The summed E-state index contributed by atoms with van der Waals surface area (Å²) in [6.45, 7) is 8.69. The fourth-order valence-electron chi connectivity index (χ4n) is 3.49. The maximum atomic E-state index is 12.9. The first-order chi connectivity index (χ1) is 14.1. The molecule has 0 fully saturated rings. The van der Waals surface area contributed by atoms with Crippen molar-refractivity contribution >= 4 is 17.5 Å². The zero-order valence-corrected chi connectivity index (χ0v) is 18.3. The van der Waals surface area contributed by atoms with E-state index in [1.165, 1.54) is 0 Å². The minimum absolute atomic E-state index is 0.0327. The Balaban J connectivity index is 1.81. The molecule has 2 aromatic carbocycles. The number of methoxy groups -OCH3 is 1. The minimum atomic E-state index is -0.585. The summed E-state index contributed by atoms with van der Waals surface area (Å²) in [5.41, 5.74) is 2.46. The number of anilines is 1. The number of hydrogen-bond donors (Lipinski definition) is 1. The van der Waals surface area contributed by atoms with E-state index in [-0.39, 0.29) is 17.2 Å². The van der Waals surface area contributed by atoms with E-state index in [1.807, 2.05) is 63.2 Å². The van der Waals surface area contributed by atoms with Gasteiger partial charge in [-0.25, -0.2) is 0 Å². The Kier molecular flexibility index (Phi) is 6.34. The molecule has 1 N–H and O–H groups in total. The van der Waals surface area contributed by atoms with Crippen LogP contribution in [-0.2, 0) is 22.7 Å². The van der Waals surface area contributed by atoms with Crippen molar-refractivity contribution in [2.24, 2.45) is 5.41 Å². The highest BCUT2D eigenvalue weighted by atomic mass is 16.5. The molecule has 1 aliphatic heterocycles. The van der Waals surface area contributed by atoms with Crippen LogP contribution in [-0.4, -0.2) is 29.9 Å². The number of amides is 2. The molecule has 30 heavy (non-hydrogen) atoms. The van der Waals surface area contributed by atoms with Gasteiger partial charge in [-0.1, -0.05) is 32.9 Å². The van der Waals surface area contributed by atoms with Crippen LogP contribution in [0.5, 0.6) is 11.5 Å². The molecule has 2 amide bonds. The SMILES string of the molecule is COc1cccc(CN2Cc3cc(NC(=O)CC(C)(C)C)ccc3O[C@@H](C)C2=O)c1. The normalized spacial score (nSPS) is 16.4. The Morgan fingerprint density at radius 1 is 1.23 bits per heavy atom. The van der Waals surface area contributed by atoms with E-state index >= 15 is 0 Å². The lowest BCUT2D eigenvalue weighted by Gasteiger charge is -2.22. The Morgan fingerprint density at radius 2 is 2.00 bits per heavy atom. The molecule has 0 bridgehead atoms. The van der Waals surface area contributed by atoms with Crippen molar-refractivity contribution in [3.8, 4) is 11.5 Å². The van der Waals surface area contributed by atoms with Crippen LogP contribution in [0.3, 0.4) is 0 Å². The number of nitrogens with one attached hydrogen (secondary N) is 1. The summed E-state index contributed by atoms with van der Waals surface area (Å²) >= 11 is 0. The van der Waals surface area contributed by atoms with E-state index < -0.39 is 6.10 Å². The maximum absolute atomic E-state index is 12.9. The molecular formula is C24H30N2O4. The summed E-state index contributed by atoms with van der Waals surface area (Å²) in [6, 6.07) is 13.2. The average molecular weight is 411 g/mol. The van der Waals surface area contributed by atoms with Gasteiger partial charge >= 0.3 is 0 Å². The van der Waals surface area contributed by atoms with Gasteiger partial charge in [0.2, 0.25) is 5.91 Å². The Bertz CT molecular complexity index is 933. The molecule has 0 spiro atoms. The molecule has 6 nitrogen and oxygen atoms in total. The average Bonchev–Trinajstić information content (AvgIpc) is 2.77. The van der Waals surface area contributed by atoms with Crippen LogP contribution in [0.2, 0.25) is 0 Å². The molecule has 1 atom stereocenters. The number of benzene rings is 2. The molecule has 1 heterocycles. The first-order valence-corrected chi connectivity index (χ1v) is 10.2. The fraction of sp³-hybridized carbons (Fsp3) is 0.417. The number of carbonyl (C=O) groups is 2. The molecule has 0 radical (unpaired) electrons. The number of carbonyl (C=O) groups excluding carboxylic acids is 2. The third-order valence-electron chi connectivity index (χ3n) is 4.87. The highest BCUT2D eigenvalue weighted by Gasteiger charge is 2.28. The van der Waals surface area contributed by atoms with E-state index in [4.69, 9.17) is 9.47 Å². The Labute approximate surface area is 178 Å². The summed E-state index contributed by atoms with van der Waals surface area (Å²) < 4.78 is 11.2. The van der Waals surface area contributed by atoms with Gasteiger partial charge in [0.15, 0.2) is 6.10 Å². The Morgan fingerprint density at radius 3 is 2.70 bits per heavy atom. The van der Waals surface area contributed by atoms with Crippen molar-refractivity contribution in [2.75, 3.05) is 12.4 Å². The second kappa shape index (κ2) is 8.78. The van der Waals surface area contributed by atoms with Crippen LogP contribution in [0.4, 0.5) is 5.69 Å². The molecule has 1 aliphatic rings. The number of rotatable bonds is 5. The molecule has 3 rings (SSSR count). The topological polar surface area (TPSA) is 67.9 Å². The van der Waals surface area contributed by atoms with Crippen molar-refractivity contribution in [3.63, 3.8) is 0 Å². The number of ether oxygens (including phenoxy) is 2. The van der Waals surface area contributed by atoms with E-state index in [2.05, 4.69) is 5.32 Å². The molecule has 0 saturated carbocycles. The highest BCUT2D eigenvalue weighted by molar-refractivity contribution is 5.91. The predicted octanol–water partition coefficient (Wildman–Crippen LogP) is 4.38. The van der Waals surface area contributed by atoms with Crippen LogP contribution in [0.25, 0.3) is 0 Å². The minimum Gasteiger partial charge on any atom is -0.497 e. The second-order valence-electron chi connectivity index (χ2n) is 8.91. The molecule has 0 aromatic heterocycles. The Hall–Kier alpha value is -3.02. The van der Waals surface area contributed by atoms with Crippen LogP contribution < -0.4 is 14.8 Å². The third-order valence-corrected chi connectivity index (χ3v) is 4.87. The van der Waals surface area contributed by atoms with Crippen LogP contribution >= 0.6 is 0 Å². The van der Waals surface area contributed by atoms with Gasteiger partial charge in [-0.3, -0.25) is 9.59 Å². The summed E-state index contributed by atoms with van der Waals surface area (Å²) in [4.78, 5) is 27.0. The lowest BCUT2D eigenvalue weighted by atomic mass is 9.92. The van der Waals surface area contributed by atoms with Gasteiger partial charge in [0.05, 0.1) is 7.11 Å². The lowest BCUT2D eigenvalue weighted by molar-refractivity contribution is -0.138. The van der Waals surface area contributed by atoms with Gasteiger partial charge in [0.25, 0.3) is 5.91 Å². The van der Waals surface area contributed by atoms with Gasteiger partial charge in [0.1, 0.15) is 11.5 Å². The zero-order chi connectivity index (χ0) is 21.9. The van der Waals surface area contributed by atoms with Gasteiger partial charge < -0.3 is 19.7 Å². The van der Waals surface area contributed by atoms with Crippen LogP contribution in [0.15, 0.2) is 42.5 Å². The molecule has 2 aromatic rings. The smallest absolute Gasteiger partial charge is 0.263 e. The van der Waals surface area contributed by atoms with E-state index in [1.54, 1.807) is 18.9 Å². The molecule has 0 saturated heterocycles. The lowest BCUT2D eigenvalue weighted by Crippen LogP contribution is -2.37. The maximum Gasteiger partial charge on any atom is 0.263 e. The van der Waals surface area contributed by atoms with Crippen molar-refractivity contribution < 1.29 is 19.1 Å². The monoisotopic (exact) mass is 410 g/mol. The summed E-state index contributed by atoms with van der Waals surface area (Å²) in [5, 5.41) is 2.96. The zero-order valence-electron chi connectivity index (χ0n) is 18.3. The number of nitrogens with zero attached hydrogens (tertiary/aromatic N) is 1. The van der Waals surface area contributed by atoms with Crippen LogP contribution in [0.1, 0.15) is 45.2 Å². The number of hydrogen-bond acceptors (Lipinski definition) is 4. The van der Waals surface area contributed by atoms with E-state index in [0.29, 0.717) is 30.9 Å². The van der Waals surface area contributed by atoms with Crippen molar-refractivity contribution in [1.82, 2.24) is 4.90 Å². The van der Waals surface area contributed by atoms with Gasteiger partial charge in [-0.15, -0.1) is 0 Å². The molecule has 160 valence electrons. The van der Waals surface area contributed by atoms with E-state index in [0.717, 1.165) is 16.9 Å². The summed E-state index contributed by atoms with van der Waals surface area (Å²) in [7, 11) is 1.62. The fourth-order valence-corrected chi connectivity index (χ4v) is 3.49. The van der Waals surface area contributed by atoms with E-state index in [9.17, 15) is 9.59 Å². The van der Waals surface area contributed by atoms with Gasteiger partial charge in [0, 0.05) is 30.8 Å². The first kappa shape index (κ1) is 21.7. The second-order valence-corrected chi connectivity index (χ2v) is 8.91. The van der Waals surface area contributed by atoms with Crippen molar-refractivity contribution in [3.05, 3.63) is 53.6 Å². The first-order valence-electron chi connectivity index (χ1n) is 10.2. The quantitative estimate of drug-likeness (QED) is 0.794. The molecule has 0 unspecified atom stereocenters. The predicted molar refractivity (Wildman–Crippen MR) is 116 cm³/mol. The van der Waals surface area contributed by atoms with Crippen molar-refractivity contribution in [1.29, 1.82) is 0 Å². The molecule has 0 aliphatic carbocycles. The number of fused-ring (bicyclic) bond motifs is 1.